The van der Waals surface area contributed by atoms with Gasteiger partial charge in [0.15, 0.2) is 0 Å². The third kappa shape index (κ3) is 0.586. The molecule has 9 heavy (non-hydrogen) atoms. The first-order valence-corrected chi connectivity index (χ1v) is 3.98. The predicted octanol–water partition coefficient (Wildman–Crippen LogP) is 1.56. The molecule has 0 radical (unpaired) electrons. The van der Waals surface area contributed by atoms with E-state index in [-0.39, 0.29) is 0 Å². The number of hydrogen-bond acceptors (Lipinski definition) is 1. The van der Waals surface area contributed by atoms with Crippen molar-refractivity contribution in [3.63, 3.8) is 0 Å². The van der Waals surface area contributed by atoms with Crippen LogP contribution in [0.15, 0.2) is 0 Å². The quantitative estimate of drug-likeness (QED) is 0.565. The van der Waals surface area contributed by atoms with Crippen LogP contribution < -0.4 is 0 Å². The summed E-state index contributed by atoms with van der Waals surface area (Å²) in [6, 6.07) is 0. The molecule has 2 atom stereocenters. The van der Waals surface area contributed by atoms with Crippen molar-refractivity contribution in [2.45, 2.75) is 32.1 Å². The molecule has 2 aliphatic rings. The third-order valence-electron chi connectivity index (χ3n) is 3.40. The van der Waals surface area contributed by atoms with E-state index in [1.54, 1.807) is 0 Å². The maximum atomic E-state index is 9.05. The Bertz CT molecular complexity index is 118. The summed E-state index contributed by atoms with van der Waals surface area (Å²) in [5, 5.41) is 9.05. The number of aliphatic hydroxyl groups is 1. The molecule has 0 bridgehead atoms. The fraction of sp³-hybridized carbons (Fsp3) is 1.00. The van der Waals surface area contributed by atoms with E-state index in [1.165, 1.54) is 32.1 Å². The summed E-state index contributed by atoms with van der Waals surface area (Å²) in [5.74, 6) is 0.905. The van der Waals surface area contributed by atoms with Crippen LogP contribution in [-0.4, -0.2) is 11.7 Å². The van der Waals surface area contributed by atoms with E-state index in [0.29, 0.717) is 12.0 Å². The second kappa shape index (κ2) is 1.72. The van der Waals surface area contributed by atoms with Gasteiger partial charge in [0.25, 0.3) is 0 Å². The Hall–Kier alpha value is -0.0400. The summed E-state index contributed by atoms with van der Waals surface area (Å²) in [4.78, 5) is 0. The molecule has 0 unspecified atom stereocenters. The molecule has 0 heterocycles. The van der Waals surface area contributed by atoms with Crippen LogP contribution in [0.3, 0.4) is 0 Å². The van der Waals surface area contributed by atoms with Gasteiger partial charge < -0.3 is 5.11 Å². The Labute approximate surface area is 56.1 Å². The average Bonchev–Trinajstić information content (AvgIpc) is 2.10. The molecule has 0 spiro atoms. The van der Waals surface area contributed by atoms with Crippen LogP contribution in [0.5, 0.6) is 0 Å². The molecule has 2 fully saturated rings. The molecule has 2 aliphatic carbocycles. The lowest BCUT2D eigenvalue weighted by atomic mass is 9.63. The Kier molecular flexibility index (Phi) is 1.10. The summed E-state index contributed by atoms with van der Waals surface area (Å²) in [5.41, 5.74) is 0.431. The Morgan fingerprint density at radius 1 is 1.33 bits per heavy atom. The van der Waals surface area contributed by atoms with Crippen molar-refractivity contribution >= 4 is 0 Å². The summed E-state index contributed by atoms with van der Waals surface area (Å²) in [6.07, 6.45) is 6.74. The molecule has 0 saturated heterocycles. The van der Waals surface area contributed by atoms with Gasteiger partial charge in [-0.05, 0) is 37.0 Å². The molecule has 0 aromatic heterocycles. The summed E-state index contributed by atoms with van der Waals surface area (Å²) >= 11 is 0. The van der Waals surface area contributed by atoms with Crippen molar-refractivity contribution in [2.75, 3.05) is 6.61 Å². The molecule has 0 aromatic carbocycles. The molecular formula is C8H14O. The molecule has 1 heteroatoms. The highest BCUT2D eigenvalue weighted by Crippen LogP contribution is 2.56. The lowest BCUT2D eigenvalue weighted by Gasteiger charge is -2.43. The van der Waals surface area contributed by atoms with Gasteiger partial charge in [-0.25, -0.2) is 0 Å². The number of rotatable bonds is 1. The van der Waals surface area contributed by atoms with Crippen LogP contribution in [-0.2, 0) is 0 Å². The van der Waals surface area contributed by atoms with Crippen molar-refractivity contribution < 1.29 is 5.11 Å². The Morgan fingerprint density at radius 2 is 2.22 bits per heavy atom. The second-order valence-electron chi connectivity index (χ2n) is 3.65. The van der Waals surface area contributed by atoms with Crippen LogP contribution in [0.25, 0.3) is 0 Å². The van der Waals surface area contributed by atoms with E-state index in [9.17, 15) is 0 Å². The first-order valence-electron chi connectivity index (χ1n) is 3.98. The first kappa shape index (κ1) is 5.72. The first-order chi connectivity index (χ1) is 4.37. The van der Waals surface area contributed by atoms with E-state index < -0.39 is 0 Å². The average molecular weight is 126 g/mol. The molecule has 0 aromatic rings. The zero-order valence-corrected chi connectivity index (χ0v) is 5.77. The van der Waals surface area contributed by atoms with Crippen molar-refractivity contribution in [1.82, 2.24) is 0 Å². The lowest BCUT2D eigenvalue weighted by molar-refractivity contribution is -0.000469. The highest BCUT2D eigenvalue weighted by molar-refractivity contribution is 4.99. The predicted molar refractivity (Wildman–Crippen MR) is 36.1 cm³/mol. The largest absolute Gasteiger partial charge is 0.396 e. The normalized spacial score (nSPS) is 48.3. The van der Waals surface area contributed by atoms with Gasteiger partial charge in [-0.3, -0.25) is 0 Å². The van der Waals surface area contributed by atoms with Gasteiger partial charge in [0.05, 0.1) is 0 Å². The minimum Gasteiger partial charge on any atom is -0.396 e. The third-order valence-corrected chi connectivity index (χ3v) is 3.40. The Morgan fingerprint density at radius 3 is 2.56 bits per heavy atom. The minimum absolute atomic E-state index is 0.431. The van der Waals surface area contributed by atoms with Gasteiger partial charge >= 0.3 is 0 Å². The van der Waals surface area contributed by atoms with E-state index in [1.807, 2.05) is 0 Å². The fourth-order valence-electron chi connectivity index (χ4n) is 2.52. The monoisotopic (exact) mass is 126 g/mol. The van der Waals surface area contributed by atoms with Crippen molar-refractivity contribution in [3.8, 4) is 0 Å². The van der Waals surface area contributed by atoms with Gasteiger partial charge in [-0.2, -0.15) is 0 Å². The zero-order valence-electron chi connectivity index (χ0n) is 5.77. The van der Waals surface area contributed by atoms with Gasteiger partial charge in [-0.15, -0.1) is 0 Å². The molecule has 0 amide bonds. The fourth-order valence-corrected chi connectivity index (χ4v) is 2.52. The van der Waals surface area contributed by atoms with Gasteiger partial charge in [0.1, 0.15) is 0 Å². The van der Waals surface area contributed by atoms with Gasteiger partial charge in [-0.1, -0.05) is 6.42 Å². The molecule has 2 saturated carbocycles. The standard InChI is InChI=1S/C8H14O/c9-6-8-4-1-2-7(8)3-5-8/h7,9H,1-6H2/t7-,8+/m0/s1. The summed E-state index contributed by atoms with van der Waals surface area (Å²) in [7, 11) is 0. The smallest absolute Gasteiger partial charge is 0.0490 e. The van der Waals surface area contributed by atoms with E-state index >= 15 is 0 Å². The highest BCUT2D eigenvalue weighted by atomic mass is 16.3. The maximum Gasteiger partial charge on any atom is 0.0490 e. The summed E-state index contributed by atoms with van der Waals surface area (Å²) in [6.45, 7) is 0.456. The molecule has 0 aliphatic heterocycles. The Balaban J connectivity index is 2.10. The SMILES string of the molecule is OC[C@]12CCC[C@H]1CC2. The van der Waals surface area contributed by atoms with Gasteiger partial charge in [0.2, 0.25) is 0 Å². The number of aliphatic hydroxyl groups excluding tert-OH is 1. The van der Waals surface area contributed by atoms with E-state index in [0.717, 1.165) is 5.92 Å². The van der Waals surface area contributed by atoms with Crippen molar-refractivity contribution in [1.29, 1.82) is 0 Å². The van der Waals surface area contributed by atoms with Crippen LogP contribution in [0.1, 0.15) is 32.1 Å². The van der Waals surface area contributed by atoms with Crippen LogP contribution >= 0.6 is 0 Å². The minimum atomic E-state index is 0.431. The summed E-state index contributed by atoms with van der Waals surface area (Å²) < 4.78 is 0. The number of fused-ring (bicyclic) bond motifs is 1. The highest BCUT2D eigenvalue weighted by Gasteiger charge is 2.48. The van der Waals surface area contributed by atoms with Crippen LogP contribution in [0.2, 0.25) is 0 Å². The lowest BCUT2D eigenvalue weighted by Crippen LogP contribution is -2.38. The molecule has 1 N–H and O–H groups in total. The van der Waals surface area contributed by atoms with Crippen LogP contribution in [0.4, 0.5) is 0 Å². The second-order valence-corrected chi connectivity index (χ2v) is 3.65. The molecular weight excluding hydrogens is 112 g/mol. The van der Waals surface area contributed by atoms with Crippen molar-refractivity contribution in [3.05, 3.63) is 0 Å². The molecule has 52 valence electrons. The zero-order chi connectivity index (χ0) is 6.32. The number of hydrogen-bond donors (Lipinski definition) is 1. The molecule has 1 nitrogen and oxygen atoms in total. The van der Waals surface area contributed by atoms with Gasteiger partial charge in [0, 0.05) is 6.61 Å². The van der Waals surface area contributed by atoms with E-state index in [4.69, 9.17) is 5.11 Å². The maximum absolute atomic E-state index is 9.05. The van der Waals surface area contributed by atoms with E-state index in [2.05, 4.69) is 0 Å². The molecule has 2 rings (SSSR count). The topological polar surface area (TPSA) is 20.2 Å². The van der Waals surface area contributed by atoms with Crippen molar-refractivity contribution in [2.24, 2.45) is 11.3 Å². The van der Waals surface area contributed by atoms with Crippen LogP contribution in [0, 0.1) is 11.3 Å².